The van der Waals surface area contributed by atoms with Gasteiger partial charge in [-0.3, -0.25) is 3.97 Å². The molecule has 2 aliphatic rings. The summed E-state index contributed by atoms with van der Waals surface area (Å²) in [5.74, 6) is -2.10. The van der Waals surface area contributed by atoms with Gasteiger partial charge in [0.1, 0.15) is 6.33 Å². The Morgan fingerprint density at radius 2 is 2.31 bits per heavy atom. The van der Waals surface area contributed by atoms with E-state index in [1.165, 1.54) is 0 Å². The second-order valence-corrected chi connectivity index (χ2v) is 6.04. The van der Waals surface area contributed by atoms with Gasteiger partial charge in [0.15, 0.2) is 5.82 Å². The van der Waals surface area contributed by atoms with Crippen molar-refractivity contribution in [2.75, 3.05) is 5.94 Å². The minimum atomic E-state index is -2.54. The summed E-state index contributed by atoms with van der Waals surface area (Å²) in [6, 6.07) is 0. The van der Waals surface area contributed by atoms with E-state index in [2.05, 4.69) is 9.98 Å². The highest BCUT2D eigenvalue weighted by molar-refractivity contribution is 8.29. The van der Waals surface area contributed by atoms with Crippen LogP contribution in [0.2, 0.25) is 0 Å². The molecule has 0 amide bonds. The number of aliphatic hydroxyl groups excluding tert-OH is 1. The first-order chi connectivity index (χ1) is 7.61. The van der Waals surface area contributed by atoms with Gasteiger partial charge in [0.25, 0.3) is 0 Å². The summed E-state index contributed by atoms with van der Waals surface area (Å²) in [6.45, 7) is 0. The number of imidazole rings is 1. The number of alkyl halides is 2. The summed E-state index contributed by atoms with van der Waals surface area (Å²) < 4.78 is 27.4. The van der Waals surface area contributed by atoms with Gasteiger partial charge in [-0.25, -0.2) is 18.8 Å². The fraction of sp³-hybridized carbons (Fsp3) is 0.556. The first-order valence-corrected chi connectivity index (χ1v) is 6.46. The van der Waals surface area contributed by atoms with Gasteiger partial charge in [-0.15, -0.1) is 11.1 Å². The van der Waals surface area contributed by atoms with Crippen LogP contribution in [-0.4, -0.2) is 31.0 Å². The Hall–Kier alpha value is -0.950. The quantitative estimate of drug-likeness (QED) is 0.781. The topological polar surface area (TPSA) is 50.4 Å². The normalized spacial score (nSPS) is 29.7. The lowest BCUT2D eigenvalue weighted by molar-refractivity contribution is -0.0901. The summed E-state index contributed by atoms with van der Waals surface area (Å²) in [5, 5.41) is 10.0. The molecule has 0 spiro atoms. The molecule has 0 radical (unpaired) electrons. The van der Waals surface area contributed by atoms with Crippen LogP contribution in [0.1, 0.15) is 12.8 Å². The second kappa shape index (κ2) is 3.27. The average molecular weight is 247 g/mol. The van der Waals surface area contributed by atoms with E-state index in [0.717, 1.165) is 5.04 Å². The van der Waals surface area contributed by atoms with E-state index < -0.39 is 17.0 Å². The Kier molecular flexibility index (Phi) is 2.09. The van der Waals surface area contributed by atoms with E-state index in [4.69, 9.17) is 0 Å². The summed E-state index contributed by atoms with van der Waals surface area (Å²) in [6.07, 6.45) is 2.92. The molecule has 1 aliphatic heterocycles. The van der Waals surface area contributed by atoms with E-state index in [1.54, 1.807) is 16.5 Å². The highest BCUT2D eigenvalue weighted by atomic mass is 32.2. The minimum Gasteiger partial charge on any atom is -0.385 e. The molecule has 7 heteroatoms. The van der Waals surface area contributed by atoms with Crippen LogP contribution in [0.4, 0.5) is 14.6 Å². The number of aromatic nitrogens is 2. The Balaban J connectivity index is 1.85. The number of nitrogens with zero attached hydrogens (tertiary/aromatic N) is 3. The van der Waals surface area contributed by atoms with Crippen LogP contribution < -0.4 is 0 Å². The van der Waals surface area contributed by atoms with Crippen molar-refractivity contribution >= 4 is 21.9 Å². The molecular formula is C9H11F2N3OS. The highest BCUT2D eigenvalue weighted by Gasteiger charge is 2.49. The standard InChI is InChI=1S/C9H11F2N3OS/c10-9(11)1-6(2-9)8-13-7-3-12-4-14(7)16(8)5-15/h3-4,6,15-16H,1-2,5H2. The molecule has 1 aromatic heterocycles. The summed E-state index contributed by atoms with van der Waals surface area (Å²) in [7, 11) is 0. The van der Waals surface area contributed by atoms with Gasteiger partial charge in [-0.05, 0) is 0 Å². The third-order valence-corrected chi connectivity index (χ3v) is 5.03. The zero-order chi connectivity index (χ0) is 11.3. The maximum atomic E-state index is 12.8. The van der Waals surface area contributed by atoms with Gasteiger partial charge in [0, 0.05) is 18.8 Å². The highest BCUT2D eigenvalue weighted by Crippen LogP contribution is 2.52. The Labute approximate surface area is 93.5 Å². The molecule has 2 heterocycles. The monoisotopic (exact) mass is 247 g/mol. The first kappa shape index (κ1) is 10.2. The van der Waals surface area contributed by atoms with Gasteiger partial charge in [-0.1, -0.05) is 0 Å². The third-order valence-electron chi connectivity index (χ3n) is 2.94. The number of hydrogen-bond donors (Lipinski definition) is 2. The van der Waals surface area contributed by atoms with Crippen LogP contribution in [0.5, 0.6) is 0 Å². The van der Waals surface area contributed by atoms with Crippen LogP contribution in [0.3, 0.4) is 0 Å². The zero-order valence-corrected chi connectivity index (χ0v) is 9.24. The summed E-state index contributed by atoms with van der Waals surface area (Å²) in [5.41, 5.74) is 0. The van der Waals surface area contributed by atoms with E-state index >= 15 is 0 Å². The smallest absolute Gasteiger partial charge is 0.249 e. The molecular weight excluding hydrogens is 236 g/mol. The molecule has 4 nitrogen and oxygen atoms in total. The van der Waals surface area contributed by atoms with Crippen molar-refractivity contribution in [2.24, 2.45) is 10.9 Å². The number of fused-ring (bicyclic) bond motifs is 1. The van der Waals surface area contributed by atoms with E-state index in [9.17, 15) is 13.9 Å². The van der Waals surface area contributed by atoms with Gasteiger partial charge in [0.2, 0.25) is 5.92 Å². The summed E-state index contributed by atoms with van der Waals surface area (Å²) in [4.78, 5) is 8.23. The SMILES string of the molecule is OC[SH]1C(C2CC(F)(F)C2)=Nc2cncn21. The number of aliphatic hydroxyl groups is 1. The van der Waals surface area contributed by atoms with Gasteiger partial charge < -0.3 is 5.11 Å². The van der Waals surface area contributed by atoms with Crippen molar-refractivity contribution in [3.63, 3.8) is 0 Å². The molecule has 1 fully saturated rings. The fourth-order valence-corrected chi connectivity index (χ4v) is 3.97. The van der Waals surface area contributed by atoms with Gasteiger partial charge in [0.05, 0.1) is 17.2 Å². The van der Waals surface area contributed by atoms with Crippen LogP contribution in [0.15, 0.2) is 17.5 Å². The molecule has 1 unspecified atom stereocenters. The second-order valence-electron chi connectivity index (χ2n) is 4.07. The molecule has 88 valence electrons. The number of thiol groups is 1. The van der Waals surface area contributed by atoms with Crippen molar-refractivity contribution in [1.82, 2.24) is 8.96 Å². The molecule has 1 saturated carbocycles. The largest absolute Gasteiger partial charge is 0.385 e. The van der Waals surface area contributed by atoms with E-state index in [0.29, 0.717) is 5.82 Å². The molecule has 0 aromatic carbocycles. The minimum absolute atomic E-state index is 0.0560. The number of hydrogen-bond acceptors (Lipinski definition) is 3. The van der Waals surface area contributed by atoms with Crippen molar-refractivity contribution in [2.45, 2.75) is 18.8 Å². The number of aliphatic imine (C=N–C) groups is 1. The molecule has 1 aromatic rings. The molecule has 1 aliphatic carbocycles. The van der Waals surface area contributed by atoms with Crippen molar-refractivity contribution in [3.8, 4) is 0 Å². The molecule has 16 heavy (non-hydrogen) atoms. The third kappa shape index (κ3) is 1.38. The average Bonchev–Trinajstić information content (AvgIpc) is 2.71. The molecule has 3 rings (SSSR count). The van der Waals surface area contributed by atoms with E-state index in [-0.39, 0.29) is 24.7 Å². The lowest BCUT2D eigenvalue weighted by atomic mass is 9.82. The molecule has 0 saturated heterocycles. The Morgan fingerprint density at radius 3 is 2.94 bits per heavy atom. The predicted molar refractivity (Wildman–Crippen MR) is 58.5 cm³/mol. The van der Waals surface area contributed by atoms with Crippen LogP contribution in [0, 0.1) is 5.92 Å². The zero-order valence-electron chi connectivity index (χ0n) is 8.35. The maximum Gasteiger partial charge on any atom is 0.249 e. The van der Waals surface area contributed by atoms with Gasteiger partial charge >= 0.3 is 0 Å². The maximum absolute atomic E-state index is 12.8. The lowest BCUT2D eigenvalue weighted by Crippen LogP contribution is -2.39. The molecule has 0 bridgehead atoms. The van der Waals surface area contributed by atoms with Crippen molar-refractivity contribution < 1.29 is 13.9 Å². The lowest BCUT2D eigenvalue weighted by Gasteiger charge is -2.37. The summed E-state index contributed by atoms with van der Waals surface area (Å²) >= 11 is -0.994. The van der Waals surface area contributed by atoms with Crippen molar-refractivity contribution in [1.29, 1.82) is 0 Å². The Morgan fingerprint density at radius 1 is 1.56 bits per heavy atom. The van der Waals surface area contributed by atoms with Gasteiger partial charge in [-0.2, -0.15) is 0 Å². The Bertz CT molecular complexity index is 451. The number of rotatable bonds is 2. The first-order valence-electron chi connectivity index (χ1n) is 4.98. The van der Waals surface area contributed by atoms with Crippen molar-refractivity contribution in [3.05, 3.63) is 12.5 Å². The van der Waals surface area contributed by atoms with Crippen LogP contribution in [-0.2, 0) is 0 Å². The fourth-order valence-electron chi connectivity index (χ4n) is 2.12. The number of halogens is 2. The molecule has 1 N–H and O–H groups in total. The van der Waals surface area contributed by atoms with E-state index in [1.807, 2.05) is 0 Å². The molecule has 1 atom stereocenters. The predicted octanol–water partition coefficient (Wildman–Crippen LogP) is 1.69. The van der Waals surface area contributed by atoms with Crippen LogP contribution in [0.25, 0.3) is 0 Å². The van der Waals surface area contributed by atoms with Crippen LogP contribution >= 0.6 is 11.1 Å².